The third-order valence-corrected chi connectivity index (χ3v) is 4.87. The van der Waals surface area contributed by atoms with Crippen LogP contribution in [-0.2, 0) is 6.42 Å². The van der Waals surface area contributed by atoms with Crippen LogP contribution < -0.4 is 5.56 Å². The number of hydrogen-bond donors (Lipinski definition) is 0. The highest BCUT2D eigenvalue weighted by Crippen LogP contribution is 2.36. The molecule has 0 bridgehead atoms. The molecule has 1 aliphatic rings. The van der Waals surface area contributed by atoms with Crippen LogP contribution in [0.2, 0.25) is 0 Å². The fraction of sp³-hybridized carbons (Fsp3) is 0.381. The molecule has 0 amide bonds. The Balaban J connectivity index is 2.46. The van der Waals surface area contributed by atoms with Crippen molar-refractivity contribution in [2.75, 3.05) is 0 Å². The number of rotatable bonds is 1. The predicted molar refractivity (Wildman–Crippen MR) is 97.4 cm³/mol. The van der Waals surface area contributed by atoms with E-state index in [9.17, 15) is 14.9 Å². The molecule has 3 rings (SSSR count). The van der Waals surface area contributed by atoms with Gasteiger partial charge in [-0.1, -0.05) is 31.5 Å². The lowest BCUT2D eigenvalue weighted by Gasteiger charge is -2.32. The largest absolute Gasteiger partial charge is 0.294 e. The Kier molecular flexibility index (Phi) is 3.91. The number of aryl methyl sites for hydroxylation is 3. The van der Waals surface area contributed by atoms with Crippen LogP contribution in [-0.4, -0.2) is 10.4 Å². The molecule has 0 aliphatic heterocycles. The molecule has 0 fully saturated rings. The first-order chi connectivity index (χ1) is 11.6. The summed E-state index contributed by atoms with van der Waals surface area (Å²) in [5, 5.41) is 9.39. The summed E-state index contributed by atoms with van der Waals surface area (Å²) in [6.45, 7) is 10.0. The molecule has 0 saturated carbocycles. The van der Waals surface area contributed by atoms with Crippen molar-refractivity contribution in [3.8, 4) is 11.8 Å². The van der Waals surface area contributed by atoms with E-state index in [4.69, 9.17) is 0 Å². The Hall–Kier alpha value is -2.67. The third-order valence-electron chi connectivity index (χ3n) is 4.87. The highest BCUT2D eigenvalue weighted by atomic mass is 16.1. The summed E-state index contributed by atoms with van der Waals surface area (Å²) in [5.74, 6) is -0.00100. The molecule has 1 heterocycles. The minimum Gasteiger partial charge on any atom is -0.294 e. The number of fused-ring (bicyclic) bond motifs is 1. The lowest BCUT2D eigenvalue weighted by Crippen LogP contribution is -2.35. The van der Waals surface area contributed by atoms with E-state index in [-0.39, 0.29) is 22.3 Å². The number of nitrogens with zero attached hydrogens (tertiary/aromatic N) is 2. The summed E-state index contributed by atoms with van der Waals surface area (Å²) in [6.07, 6.45) is 1.05. The van der Waals surface area contributed by atoms with Crippen molar-refractivity contribution in [2.24, 2.45) is 5.41 Å². The fourth-order valence-corrected chi connectivity index (χ4v) is 3.96. The fourth-order valence-electron chi connectivity index (χ4n) is 3.96. The molecule has 4 nitrogen and oxygen atoms in total. The Morgan fingerprint density at radius 3 is 2.20 bits per heavy atom. The first-order valence-corrected chi connectivity index (χ1v) is 8.45. The average molecular weight is 334 g/mol. The second-order valence-corrected chi connectivity index (χ2v) is 7.86. The number of carbonyl (C=O) groups excluding carboxylic acids is 1. The number of pyridine rings is 1. The van der Waals surface area contributed by atoms with Gasteiger partial charge in [-0.2, -0.15) is 5.26 Å². The maximum atomic E-state index is 13.0. The second-order valence-electron chi connectivity index (χ2n) is 7.86. The highest BCUT2D eigenvalue weighted by Gasteiger charge is 2.34. The zero-order chi connectivity index (χ0) is 18.5. The van der Waals surface area contributed by atoms with Crippen LogP contribution in [0.3, 0.4) is 0 Å². The van der Waals surface area contributed by atoms with Crippen molar-refractivity contribution in [3.05, 3.63) is 62.1 Å². The molecule has 1 aromatic carbocycles. The number of aromatic nitrogens is 1. The molecule has 0 radical (unpaired) electrons. The number of ketones is 1. The average Bonchev–Trinajstić information content (AvgIpc) is 2.47. The molecule has 128 valence electrons. The minimum atomic E-state index is -0.346. The standard InChI is InChI=1S/C21H22N2O2/c1-12-6-13(2)19(14(3)7-12)23-17-9-21(4,5)10-18(24)16(17)8-15(11-22)20(23)25/h6-8H,9-10H2,1-5H3. The van der Waals surface area contributed by atoms with Gasteiger partial charge >= 0.3 is 0 Å². The molecule has 4 heteroatoms. The van der Waals surface area contributed by atoms with E-state index in [1.165, 1.54) is 6.07 Å². The summed E-state index contributed by atoms with van der Waals surface area (Å²) in [4.78, 5) is 25.7. The molecular weight excluding hydrogens is 312 g/mol. The molecule has 0 N–H and O–H groups in total. The van der Waals surface area contributed by atoms with Crippen LogP contribution in [0.25, 0.3) is 5.69 Å². The molecule has 0 atom stereocenters. The first kappa shape index (κ1) is 17.2. The zero-order valence-corrected chi connectivity index (χ0v) is 15.4. The SMILES string of the molecule is Cc1cc(C)c(-n2c3c(cc(C#N)c2=O)C(=O)CC(C)(C)C3)c(C)c1. The smallest absolute Gasteiger partial charge is 0.273 e. The summed E-state index contributed by atoms with van der Waals surface area (Å²) < 4.78 is 1.61. The maximum Gasteiger partial charge on any atom is 0.273 e. The van der Waals surface area contributed by atoms with Crippen molar-refractivity contribution in [1.82, 2.24) is 4.57 Å². The molecule has 25 heavy (non-hydrogen) atoms. The Morgan fingerprint density at radius 2 is 1.64 bits per heavy atom. The van der Waals surface area contributed by atoms with Crippen molar-refractivity contribution in [3.63, 3.8) is 0 Å². The molecular formula is C21H22N2O2. The monoisotopic (exact) mass is 334 g/mol. The summed E-state index contributed by atoms with van der Waals surface area (Å²) in [7, 11) is 0. The summed E-state index contributed by atoms with van der Waals surface area (Å²) >= 11 is 0. The number of nitriles is 1. The van der Waals surface area contributed by atoms with Gasteiger partial charge in [-0.25, -0.2) is 0 Å². The number of benzene rings is 1. The number of Topliss-reactive ketones (excluding diaryl/α,β-unsaturated/α-hetero) is 1. The van der Waals surface area contributed by atoms with Gasteiger partial charge in [-0.3, -0.25) is 14.2 Å². The van der Waals surface area contributed by atoms with Gasteiger partial charge in [-0.05, 0) is 49.8 Å². The van der Waals surface area contributed by atoms with Gasteiger partial charge in [0.15, 0.2) is 5.78 Å². The van der Waals surface area contributed by atoms with Crippen molar-refractivity contribution in [2.45, 2.75) is 47.5 Å². The van der Waals surface area contributed by atoms with Crippen molar-refractivity contribution < 1.29 is 4.79 Å². The number of hydrogen-bond acceptors (Lipinski definition) is 3. The van der Waals surface area contributed by atoms with Crippen LogP contribution in [0, 0.1) is 37.5 Å². The van der Waals surface area contributed by atoms with Crippen LogP contribution >= 0.6 is 0 Å². The normalized spacial score (nSPS) is 15.6. The van der Waals surface area contributed by atoms with Gasteiger partial charge in [0.2, 0.25) is 0 Å². The molecule has 0 spiro atoms. The van der Waals surface area contributed by atoms with Crippen LogP contribution in [0.4, 0.5) is 0 Å². The first-order valence-electron chi connectivity index (χ1n) is 8.45. The lowest BCUT2D eigenvalue weighted by atomic mass is 9.75. The summed E-state index contributed by atoms with van der Waals surface area (Å²) in [5.41, 5.74) is 4.53. The molecule has 1 aromatic heterocycles. The summed E-state index contributed by atoms with van der Waals surface area (Å²) in [6, 6.07) is 7.49. The molecule has 2 aromatic rings. The molecule has 0 saturated heterocycles. The molecule has 1 aliphatic carbocycles. The highest BCUT2D eigenvalue weighted by molar-refractivity contribution is 5.99. The maximum absolute atomic E-state index is 13.0. The van der Waals surface area contributed by atoms with Crippen molar-refractivity contribution >= 4 is 5.78 Å². The number of carbonyl (C=O) groups is 1. The van der Waals surface area contributed by atoms with E-state index in [1.54, 1.807) is 4.57 Å². The third kappa shape index (κ3) is 2.80. The van der Waals surface area contributed by atoms with Crippen LogP contribution in [0.5, 0.6) is 0 Å². The van der Waals surface area contributed by atoms with E-state index in [0.29, 0.717) is 18.4 Å². The topological polar surface area (TPSA) is 62.9 Å². The van der Waals surface area contributed by atoms with Gasteiger partial charge in [0, 0.05) is 17.7 Å². The van der Waals surface area contributed by atoms with E-state index in [0.717, 1.165) is 28.1 Å². The Morgan fingerprint density at radius 1 is 1.04 bits per heavy atom. The van der Waals surface area contributed by atoms with E-state index < -0.39 is 0 Å². The van der Waals surface area contributed by atoms with Gasteiger partial charge in [0.1, 0.15) is 11.6 Å². The Labute approximate surface area is 147 Å². The second kappa shape index (κ2) is 5.70. The molecule has 0 unspecified atom stereocenters. The van der Waals surface area contributed by atoms with Crippen molar-refractivity contribution in [1.29, 1.82) is 5.26 Å². The van der Waals surface area contributed by atoms with Gasteiger partial charge < -0.3 is 0 Å². The van der Waals surface area contributed by atoms with Crippen LogP contribution in [0.1, 0.15) is 58.6 Å². The van der Waals surface area contributed by atoms with Gasteiger partial charge in [-0.15, -0.1) is 0 Å². The lowest BCUT2D eigenvalue weighted by molar-refractivity contribution is 0.0908. The van der Waals surface area contributed by atoms with Crippen LogP contribution in [0.15, 0.2) is 23.0 Å². The zero-order valence-electron chi connectivity index (χ0n) is 15.4. The Bertz CT molecular complexity index is 981. The van der Waals surface area contributed by atoms with E-state index in [1.807, 2.05) is 52.8 Å². The quantitative estimate of drug-likeness (QED) is 0.797. The van der Waals surface area contributed by atoms with Gasteiger partial charge in [0.05, 0.1) is 5.69 Å². The minimum absolute atomic E-state index is 0.00100. The van der Waals surface area contributed by atoms with Gasteiger partial charge in [0.25, 0.3) is 5.56 Å². The van der Waals surface area contributed by atoms with E-state index >= 15 is 0 Å². The van der Waals surface area contributed by atoms with E-state index in [2.05, 4.69) is 0 Å². The predicted octanol–water partition coefficient (Wildman–Crippen LogP) is 3.79.